The highest BCUT2D eigenvalue weighted by molar-refractivity contribution is 6.09. The maximum absolute atomic E-state index is 12.4. The molecule has 3 amide bonds. The number of aromatic nitrogens is 1. The van der Waals surface area contributed by atoms with E-state index < -0.39 is 11.9 Å². The van der Waals surface area contributed by atoms with Gasteiger partial charge in [0.1, 0.15) is 0 Å². The number of anilines is 2. The standard InChI is InChI=1S/C19H20N4O3/c1-26-11-10-23-12-16(13-6-3-5-9-17(13)23)22-19(25)21-15-8-4-2-7-14(15)18(20)24/h2-9,12H,10-11H2,1H3,(H2,20,24)(H2,21,22,25). The monoisotopic (exact) mass is 352 g/mol. The maximum atomic E-state index is 12.4. The molecule has 0 aliphatic rings. The lowest BCUT2D eigenvalue weighted by Gasteiger charge is -2.09. The Kier molecular flexibility index (Phi) is 5.19. The van der Waals surface area contributed by atoms with E-state index in [4.69, 9.17) is 10.5 Å². The van der Waals surface area contributed by atoms with Crippen LogP contribution < -0.4 is 16.4 Å². The van der Waals surface area contributed by atoms with Crippen LogP contribution in [-0.2, 0) is 11.3 Å². The second-order valence-corrected chi connectivity index (χ2v) is 5.74. The number of nitrogens with zero attached hydrogens (tertiary/aromatic N) is 1. The molecule has 0 fully saturated rings. The Bertz CT molecular complexity index is 949. The number of nitrogens with one attached hydrogen (secondary N) is 2. The zero-order chi connectivity index (χ0) is 18.5. The quantitative estimate of drug-likeness (QED) is 0.636. The maximum Gasteiger partial charge on any atom is 0.323 e. The average molecular weight is 352 g/mol. The molecule has 0 unspecified atom stereocenters. The van der Waals surface area contributed by atoms with Crippen LogP contribution in [0.3, 0.4) is 0 Å². The lowest BCUT2D eigenvalue weighted by molar-refractivity contribution is 0.100. The zero-order valence-electron chi connectivity index (χ0n) is 14.4. The third-order valence-electron chi connectivity index (χ3n) is 4.01. The van der Waals surface area contributed by atoms with Gasteiger partial charge < -0.3 is 25.7 Å². The molecule has 26 heavy (non-hydrogen) atoms. The average Bonchev–Trinajstić information content (AvgIpc) is 2.98. The summed E-state index contributed by atoms with van der Waals surface area (Å²) in [6.07, 6.45) is 1.86. The zero-order valence-corrected chi connectivity index (χ0v) is 14.4. The van der Waals surface area contributed by atoms with E-state index in [1.165, 1.54) is 0 Å². The number of rotatable bonds is 6. The first kappa shape index (κ1) is 17.5. The lowest BCUT2D eigenvalue weighted by atomic mass is 10.1. The van der Waals surface area contributed by atoms with Gasteiger partial charge in [-0.3, -0.25) is 4.79 Å². The lowest BCUT2D eigenvalue weighted by Crippen LogP contribution is -2.22. The van der Waals surface area contributed by atoms with Crippen molar-refractivity contribution in [3.63, 3.8) is 0 Å². The van der Waals surface area contributed by atoms with Crippen LogP contribution in [0.2, 0.25) is 0 Å². The summed E-state index contributed by atoms with van der Waals surface area (Å²) in [4.78, 5) is 23.9. The number of hydrogen-bond acceptors (Lipinski definition) is 3. The molecule has 0 radical (unpaired) electrons. The first-order chi connectivity index (χ1) is 12.6. The molecule has 0 bridgehead atoms. The van der Waals surface area contributed by atoms with Crippen LogP contribution in [0.4, 0.5) is 16.2 Å². The minimum atomic E-state index is -0.600. The second-order valence-electron chi connectivity index (χ2n) is 5.74. The summed E-state index contributed by atoms with van der Waals surface area (Å²) in [6, 6.07) is 13.9. The van der Waals surface area contributed by atoms with Crippen molar-refractivity contribution < 1.29 is 14.3 Å². The van der Waals surface area contributed by atoms with Crippen molar-refractivity contribution >= 4 is 34.2 Å². The Hall–Kier alpha value is -3.32. The fourth-order valence-corrected chi connectivity index (χ4v) is 2.80. The van der Waals surface area contributed by atoms with E-state index in [2.05, 4.69) is 10.6 Å². The number of methoxy groups -OCH3 is 1. The minimum Gasteiger partial charge on any atom is -0.383 e. The summed E-state index contributed by atoms with van der Waals surface area (Å²) in [5.41, 5.74) is 7.63. The summed E-state index contributed by atoms with van der Waals surface area (Å²) >= 11 is 0. The molecule has 1 heterocycles. The van der Waals surface area contributed by atoms with Gasteiger partial charge >= 0.3 is 6.03 Å². The van der Waals surface area contributed by atoms with Gasteiger partial charge in [-0.05, 0) is 18.2 Å². The van der Waals surface area contributed by atoms with Gasteiger partial charge in [0.2, 0.25) is 0 Å². The molecular formula is C19H20N4O3. The van der Waals surface area contributed by atoms with Crippen LogP contribution >= 0.6 is 0 Å². The van der Waals surface area contributed by atoms with Crippen LogP contribution in [0.25, 0.3) is 10.9 Å². The summed E-state index contributed by atoms with van der Waals surface area (Å²) < 4.78 is 7.15. The molecule has 4 N–H and O–H groups in total. The van der Waals surface area contributed by atoms with Crippen LogP contribution in [0.5, 0.6) is 0 Å². The van der Waals surface area contributed by atoms with E-state index in [1.54, 1.807) is 31.4 Å². The van der Waals surface area contributed by atoms with Crippen molar-refractivity contribution in [2.45, 2.75) is 6.54 Å². The number of fused-ring (bicyclic) bond motifs is 1. The molecule has 7 nitrogen and oxygen atoms in total. The number of ether oxygens (including phenoxy) is 1. The van der Waals surface area contributed by atoms with Crippen LogP contribution in [0.1, 0.15) is 10.4 Å². The second kappa shape index (κ2) is 7.71. The SMILES string of the molecule is COCCn1cc(NC(=O)Nc2ccccc2C(N)=O)c2ccccc21. The van der Waals surface area contributed by atoms with E-state index in [9.17, 15) is 9.59 Å². The number of carbonyl (C=O) groups is 2. The molecule has 7 heteroatoms. The molecule has 0 saturated heterocycles. The number of amides is 3. The fraction of sp³-hybridized carbons (Fsp3) is 0.158. The Morgan fingerprint density at radius 3 is 2.50 bits per heavy atom. The Morgan fingerprint density at radius 2 is 1.73 bits per heavy atom. The number of para-hydroxylation sites is 2. The highest BCUT2D eigenvalue weighted by Gasteiger charge is 2.13. The van der Waals surface area contributed by atoms with Crippen molar-refractivity contribution in [2.24, 2.45) is 5.73 Å². The molecule has 0 aliphatic heterocycles. The molecule has 3 rings (SSSR count). The number of nitrogens with two attached hydrogens (primary N) is 1. The summed E-state index contributed by atoms with van der Waals surface area (Å²) in [6.45, 7) is 1.24. The van der Waals surface area contributed by atoms with Gasteiger partial charge in [0.25, 0.3) is 5.91 Å². The molecule has 0 aliphatic carbocycles. The first-order valence-electron chi connectivity index (χ1n) is 8.14. The van der Waals surface area contributed by atoms with E-state index in [0.717, 1.165) is 10.9 Å². The molecule has 0 spiro atoms. The number of hydrogen-bond donors (Lipinski definition) is 3. The van der Waals surface area contributed by atoms with E-state index in [1.807, 2.05) is 35.0 Å². The van der Waals surface area contributed by atoms with E-state index in [0.29, 0.717) is 24.5 Å². The Morgan fingerprint density at radius 1 is 1.04 bits per heavy atom. The molecule has 0 atom stereocenters. The highest BCUT2D eigenvalue weighted by atomic mass is 16.5. The molecule has 0 saturated carbocycles. The largest absolute Gasteiger partial charge is 0.383 e. The van der Waals surface area contributed by atoms with Crippen LogP contribution in [-0.4, -0.2) is 30.2 Å². The van der Waals surface area contributed by atoms with Crippen molar-refractivity contribution in [3.05, 3.63) is 60.3 Å². The normalized spacial score (nSPS) is 10.7. The predicted octanol–water partition coefficient (Wildman–Crippen LogP) is 3.03. The molecule has 1 aromatic heterocycles. The van der Waals surface area contributed by atoms with Crippen LogP contribution in [0.15, 0.2) is 54.7 Å². The third kappa shape index (κ3) is 3.68. The van der Waals surface area contributed by atoms with Gasteiger partial charge in [-0.15, -0.1) is 0 Å². The van der Waals surface area contributed by atoms with Crippen molar-refractivity contribution in [1.82, 2.24) is 4.57 Å². The molecule has 2 aromatic carbocycles. The fourth-order valence-electron chi connectivity index (χ4n) is 2.80. The van der Waals surface area contributed by atoms with E-state index >= 15 is 0 Å². The number of primary amides is 1. The Balaban J connectivity index is 1.83. The summed E-state index contributed by atoms with van der Waals surface area (Å²) in [5, 5.41) is 6.42. The number of benzene rings is 2. The summed E-state index contributed by atoms with van der Waals surface area (Å²) in [7, 11) is 1.65. The molecule has 134 valence electrons. The highest BCUT2D eigenvalue weighted by Crippen LogP contribution is 2.26. The molecule has 3 aromatic rings. The van der Waals surface area contributed by atoms with Gasteiger partial charge in [0.05, 0.1) is 29.1 Å². The minimum absolute atomic E-state index is 0.255. The van der Waals surface area contributed by atoms with Gasteiger partial charge in [0.15, 0.2) is 0 Å². The topological polar surface area (TPSA) is 98.4 Å². The number of urea groups is 1. The number of carbonyl (C=O) groups excluding carboxylic acids is 2. The van der Waals surface area contributed by atoms with Crippen LogP contribution in [0, 0.1) is 0 Å². The summed E-state index contributed by atoms with van der Waals surface area (Å²) in [5.74, 6) is -0.600. The van der Waals surface area contributed by atoms with E-state index in [-0.39, 0.29) is 5.56 Å². The van der Waals surface area contributed by atoms with Gasteiger partial charge in [-0.25, -0.2) is 4.79 Å². The molecular weight excluding hydrogens is 332 g/mol. The third-order valence-corrected chi connectivity index (χ3v) is 4.01. The van der Waals surface area contributed by atoms with Gasteiger partial charge in [-0.2, -0.15) is 0 Å². The predicted molar refractivity (Wildman–Crippen MR) is 101 cm³/mol. The van der Waals surface area contributed by atoms with Crippen molar-refractivity contribution in [1.29, 1.82) is 0 Å². The van der Waals surface area contributed by atoms with Crippen molar-refractivity contribution in [2.75, 3.05) is 24.4 Å². The van der Waals surface area contributed by atoms with Gasteiger partial charge in [0, 0.05) is 25.2 Å². The van der Waals surface area contributed by atoms with Gasteiger partial charge in [-0.1, -0.05) is 30.3 Å². The first-order valence-corrected chi connectivity index (χ1v) is 8.14. The van der Waals surface area contributed by atoms with Crippen molar-refractivity contribution in [3.8, 4) is 0 Å². The smallest absolute Gasteiger partial charge is 0.323 e. The Labute approximate surface area is 150 Å².